The normalized spacial score (nSPS) is 11.3. The van der Waals surface area contributed by atoms with Gasteiger partial charge in [0.2, 0.25) is 5.89 Å². The van der Waals surface area contributed by atoms with E-state index in [9.17, 15) is 4.39 Å². The first-order valence-electron chi connectivity index (χ1n) is 6.09. The minimum absolute atomic E-state index is 0.262. The summed E-state index contributed by atoms with van der Waals surface area (Å²) >= 11 is 7.24. The lowest BCUT2D eigenvalue weighted by Gasteiger charge is -2.02. The largest absolute Gasteiger partial charge is 0.444 e. The van der Waals surface area contributed by atoms with Crippen LogP contribution in [0.25, 0.3) is 11.0 Å². The molecule has 4 nitrogen and oxygen atoms in total. The van der Waals surface area contributed by atoms with Crippen LogP contribution in [-0.4, -0.2) is 14.5 Å². The molecule has 0 aliphatic carbocycles. The fraction of sp³-hybridized carbons (Fsp3) is 0.231. The van der Waals surface area contributed by atoms with E-state index in [1.807, 2.05) is 29.5 Å². The molecule has 3 rings (SSSR count). The Morgan fingerprint density at radius 3 is 3.00 bits per heavy atom. The number of aromatic nitrogens is 3. The molecule has 0 aliphatic heterocycles. The summed E-state index contributed by atoms with van der Waals surface area (Å²) < 4.78 is 22.2. The van der Waals surface area contributed by atoms with Crippen LogP contribution in [0.2, 0.25) is 0 Å². The second-order valence-electron chi connectivity index (χ2n) is 4.37. The molecule has 0 atom stereocenters. The molecule has 2 aromatic heterocycles. The van der Waals surface area contributed by atoms with Crippen molar-refractivity contribution in [2.24, 2.45) is 0 Å². The van der Waals surface area contributed by atoms with Crippen LogP contribution in [0.5, 0.6) is 0 Å². The molecule has 0 aliphatic rings. The molecule has 0 fully saturated rings. The summed E-state index contributed by atoms with van der Waals surface area (Å²) in [7, 11) is 0. The molecular formula is C13H11FIN3OS. The van der Waals surface area contributed by atoms with Crippen LogP contribution in [0, 0.1) is 14.2 Å². The summed E-state index contributed by atoms with van der Waals surface area (Å²) in [6, 6.07) is 3.22. The number of nitrogens with one attached hydrogen (secondary N) is 1. The second-order valence-corrected chi connectivity index (χ2v) is 5.92. The first kappa shape index (κ1) is 13.7. The molecule has 1 aromatic carbocycles. The van der Waals surface area contributed by atoms with Crippen molar-refractivity contribution in [1.29, 1.82) is 0 Å². The summed E-state index contributed by atoms with van der Waals surface area (Å²) in [6.07, 6.45) is 2.50. The number of oxazole rings is 1. The number of imidazole rings is 1. The van der Waals surface area contributed by atoms with E-state index in [1.165, 1.54) is 6.07 Å². The minimum Gasteiger partial charge on any atom is -0.444 e. The number of H-pyrrole nitrogens is 1. The predicted octanol–water partition coefficient (Wildman–Crippen LogP) is 4.04. The van der Waals surface area contributed by atoms with Gasteiger partial charge in [0.15, 0.2) is 4.77 Å². The minimum atomic E-state index is -0.262. The van der Waals surface area contributed by atoms with E-state index in [-0.39, 0.29) is 5.82 Å². The molecule has 0 spiro atoms. The van der Waals surface area contributed by atoms with Crippen molar-refractivity contribution in [1.82, 2.24) is 14.5 Å². The van der Waals surface area contributed by atoms with Crippen molar-refractivity contribution in [3.8, 4) is 0 Å². The van der Waals surface area contributed by atoms with Gasteiger partial charge in [-0.3, -0.25) is 0 Å². The highest BCUT2D eigenvalue weighted by Crippen LogP contribution is 2.21. The zero-order chi connectivity index (χ0) is 14.3. The number of benzene rings is 1. The van der Waals surface area contributed by atoms with Gasteiger partial charge >= 0.3 is 0 Å². The van der Waals surface area contributed by atoms with E-state index >= 15 is 0 Å². The van der Waals surface area contributed by atoms with Gasteiger partial charge in [0.05, 0.1) is 20.8 Å². The Labute approximate surface area is 133 Å². The Hall–Kier alpha value is -1.22. The zero-order valence-electron chi connectivity index (χ0n) is 10.6. The lowest BCUT2D eigenvalue weighted by molar-refractivity contribution is 0.447. The van der Waals surface area contributed by atoms with Crippen molar-refractivity contribution < 1.29 is 8.81 Å². The lowest BCUT2D eigenvalue weighted by atomic mass is 10.3. The predicted molar refractivity (Wildman–Crippen MR) is 84.8 cm³/mol. The zero-order valence-corrected chi connectivity index (χ0v) is 13.6. The fourth-order valence-corrected chi connectivity index (χ4v) is 2.77. The molecule has 2 heterocycles. The molecule has 0 unspecified atom stereocenters. The first-order valence-corrected chi connectivity index (χ1v) is 7.58. The van der Waals surface area contributed by atoms with Crippen molar-refractivity contribution in [3.63, 3.8) is 0 Å². The Morgan fingerprint density at radius 1 is 1.50 bits per heavy atom. The number of halogens is 2. The van der Waals surface area contributed by atoms with Crippen LogP contribution >= 0.6 is 34.8 Å². The van der Waals surface area contributed by atoms with Gasteiger partial charge in [-0.25, -0.2) is 9.37 Å². The second kappa shape index (κ2) is 5.28. The van der Waals surface area contributed by atoms with Gasteiger partial charge in [0, 0.05) is 12.5 Å². The van der Waals surface area contributed by atoms with Crippen molar-refractivity contribution in [2.45, 2.75) is 19.9 Å². The van der Waals surface area contributed by atoms with Gasteiger partial charge in [-0.2, -0.15) is 0 Å². The number of hydrogen-bond donors (Lipinski definition) is 1. The summed E-state index contributed by atoms with van der Waals surface area (Å²) in [5.41, 5.74) is 1.52. The first-order chi connectivity index (χ1) is 9.58. The average molecular weight is 403 g/mol. The summed E-state index contributed by atoms with van der Waals surface area (Å²) in [5, 5.41) is 0. The van der Waals surface area contributed by atoms with E-state index < -0.39 is 0 Å². The summed E-state index contributed by atoms with van der Waals surface area (Å²) in [4.78, 5) is 7.28. The van der Waals surface area contributed by atoms with E-state index in [1.54, 1.807) is 16.8 Å². The molecule has 7 heteroatoms. The highest BCUT2D eigenvalue weighted by atomic mass is 127. The highest BCUT2D eigenvalue weighted by molar-refractivity contribution is 14.1. The maximum atomic E-state index is 13.7. The summed E-state index contributed by atoms with van der Waals surface area (Å²) in [6.45, 7) is 2.39. The van der Waals surface area contributed by atoms with Crippen molar-refractivity contribution >= 4 is 45.8 Å². The number of rotatable bonds is 3. The molecular weight excluding hydrogens is 392 g/mol. The van der Waals surface area contributed by atoms with Gasteiger partial charge in [-0.1, -0.05) is 6.92 Å². The quantitative estimate of drug-likeness (QED) is 0.531. The van der Waals surface area contributed by atoms with Crippen LogP contribution in [0.1, 0.15) is 18.6 Å². The number of hydrogen-bond acceptors (Lipinski definition) is 3. The molecule has 0 bridgehead atoms. The van der Waals surface area contributed by atoms with Crippen LogP contribution in [0.15, 0.2) is 22.7 Å². The Balaban J connectivity index is 2.08. The smallest absolute Gasteiger partial charge is 0.214 e. The van der Waals surface area contributed by atoms with E-state index in [0.29, 0.717) is 26.3 Å². The van der Waals surface area contributed by atoms with E-state index in [2.05, 4.69) is 9.97 Å². The van der Waals surface area contributed by atoms with Gasteiger partial charge in [0.25, 0.3) is 0 Å². The maximum absolute atomic E-state index is 13.7. The average Bonchev–Trinajstić information content (AvgIpc) is 2.98. The third-order valence-electron chi connectivity index (χ3n) is 3.06. The molecule has 0 amide bonds. The number of aryl methyl sites for hydroxylation is 1. The van der Waals surface area contributed by atoms with Gasteiger partial charge < -0.3 is 14.0 Å². The molecule has 1 N–H and O–H groups in total. The standard InChI is InChI=1S/C13H11FIN3OS/c1-2-7-5-16-12(19-7)6-18-11-3-8(14)9(15)4-10(11)17-13(18)20/h3-5H,2,6H2,1H3,(H,17,20). The molecule has 0 saturated carbocycles. The Kier molecular flexibility index (Phi) is 3.63. The molecule has 0 radical (unpaired) electrons. The van der Waals surface area contributed by atoms with Crippen molar-refractivity contribution in [3.05, 3.63) is 44.1 Å². The molecule has 3 aromatic rings. The van der Waals surface area contributed by atoms with Crippen LogP contribution in [0.4, 0.5) is 4.39 Å². The van der Waals surface area contributed by atoms with Crippen LogP contribution in [0.3, 0.4) is 0 Å². The highest BCUT2D eigenvalue weighted by Gasteiger charge is 2.11. The number of nitrogens with zero attached hydrogens (tertiary/aromatic N) is 2. The maximum Gasteiger partial charge on any atom is 0.214 e. The van der Waals surface area contributed by atoms with Crippen molar-refractivity contribution in [2.75, 3.05) is 0 Å². The van der Waals surface area contributed by atoms with Gasteiger partial charge in [0.1, 0.15) is 18.1 Å². The third-order valence-corrected chi connectivity index (χ3v) is 4.21. The SMILES string of the molecule is CCc1cnc(Cn2c(=S)[nH]c3cc(I)c(F)cc32)o1. The molecule has 0 saturated heterocycles. The van der Waals surface area contributed by atoms with Crippen LogP contribution in [-0.2, 0) is 13.0 Å². The monoisotopic (exact) mass is 403 g/mol. The van der Waals surface area contributed by atoms with Gasteiger partial charge in [-0.05, 0) is 40.9 Å². The lowest BCUT2D eigenvalue weighted by Crippen LogP contribution is -2.00. The fourth-order valence-electron chi connectivity index (χ4n) is 2.03. The van der Waals surface area contributed by atoms with Gasteiger partial charge in [-0.15, -0.1) is 0 Å². The topological polar surface area (TPSA) is 46.8 Å². The third kappa shape index (κ3) is 2.39. The molecule has 20 heavy (non-hydrogen) atoms. The Morgan fingerprint density at radius 2 is 2.30 bits per heavy atom. The number of aromatic amines is 1. The van der Waals surface area contributed by atoms with E-state index in [0.717, 1.165) is 17.7 Å². The Bertz CT molecular complexity index is 836. The van der Waals surface area contributed by atoms with E-state index in [4.69, 9.17) is 16.6 Å². The van der Waals surface area contributed by atoms with Crippen LogP contribution < -0.4 is 0 Å². The summed E-state index contributed by atoms with van der Waals surface area (Å²) in [5.74, 6) is 1.13. The number of fused-ring (bicyclic) bond motifs is 1. The molecule has 104 valence electrons.